The molecule has 2 aromatic carbocycles. The molecule has 212 valence electrons. The largest absolute Gasteiger partial charge is 0.488 e. The van der Waals surface area contributed by atoms with Crippen LogP contribution in [0.2, 0.25) is 0 Å². The van der Waals surface area contributed by atoms with E-state index in [9.17, 15) is 16.8 Å². The van der Waals surface area contributed by atoms with Crippen LogP contribution in [0.1, 0.15) is 0 Å². The molecule has 8 nitrogen and oxygen atoms in total. The lowest BCUT2D eigenvalue weighted by atomic mass is 10.3. The minimum atomic E-state index is -3.90. The van der Waals surface area contributed by atoms with E-state index in [0.717, 1.165) is 0 Å². The Hall–Kier alpha value is -1.30. The van der Waals surface area contributed by atoms with Crippen LogP contribution in [0.3, 0.4) is 0 Å². The average Bonchev–Trinajstić information content (AvgIpc) is 2.90. The first-order chi connectivity index (χ1) is 18.2. The second-order valence-corrected chi connectivity index (χ2v) is 14.7. The van der Waals surface area contributed by atoms with E-state index in [1.807, 2.05) is 0 Å². The van der Waals surface area contributed by atoms with Gasteiger partial charge in [-0.05, 0) is 24.3 Å². The maximum Gasteiger partial charge on any atom is 0.165 e. The molecule has 0 fully saturated rings. The summed E-state index contributed by atoms with van der Waals surface area (Å²) in [5, 5.41) is -4.41. The molecule has 4 atom stereocenters. The molecule has 0 bridgehead atoms. The van der Waals surface area contributed by atoms with Gasteiger partial charge in [0.2, 0.25) is 0 Å². The van der Waals surface area contributed by atoms with Gasteiger partial charge < -0.3 is 18.9 Å². The molecule has 0 radical (unpaired) electrons. The summed E-state index contributed by atoms with van der Waals surface area (Å²) in [6.07, 6.45) is 0. The summed E-state index contributed by atoms with van der Waals surface area (Å²) in [4.78, 5) is 0. The molecule has 1 aliphatic heterocycles. The van der Waals surface area contributed by atoms with Gasteiger partial charge in [0.15, 0.2) is 42.7 Å². The number of para-hydroxylation sites is 4. The van der Waals surface area contributed by atoms with Gasteiger partial charge in [0, 0.05) is 23.5 Å². The Balaban J connectivity index is 2.01. The third kappa shape index (κ3) is 7.46. The molecule has 0 aromatic heterocycles. The fourth-order valence-corrected chi connectivity index (χ4v) is 8.85. The quantitative estimate of drug-likeness (QED) is 0.455. The van der Waals surface area contributed by atoms with Crippen molar-refractivity contribution in [3.8, 4) is 23.0 Å². The summed E-state index contributed by atoms with van der Waals surface area (Å²) in [5.74, 6) is -0.112. The number of fused-ring (bicyclic) bond motifs is 2. The summed E-state index contributed by atoms with van der Waals surface area (Å²) in [5.41, 5.74) is 0. The van der Waals surface area contributed by atoms with Crippen molar-refractivity contribution in [2.24, 2.45) is 0 Å². The third-order valence-electron chi connectivity index (χ3n) is 5.94. The summed E-state index contributed by atoms with van der Waals surface area (Å²) in [6, 6.07) is 13.0. The van der Waals surface area contributed by atoms with E-state index < -0.39 is 40.7 Å². The molecule has 1 aliphatic rings. The number of benzene rings is 2. The lowest BCUT2D eigenvalue weighted by molar-refractivity contribution is 0.260. The van der Waals surface area contributed by atoms with E-state index in [-0.39, 0.29) is 72.9 Å². The standard InChI is InChI=1S/C24H28Cl4O8S2/c25-9-17-13-33-21-5-1-2-6-22(21)34-14-18(10-26)38(31,32)20(12-28)16-36-24-8-4-3-7-23(24)35-15-19(11-27)37(17,29)30/h1-8,17-20H,9-16H2/t17-,18+,19+,20-. The highest BCUT2D eigenvalue weighted by Gasteiger charge is 2.37. The fraction of sp³-hybridized carbons (Fsp3) is 0.500. The van der Waals surface area contributed by atoms with Crippen LogP contribution in [-0.4, -0.2) is 87.8 Å². The monoisotopic (exact) mass is 648 g/mol. The molecule has 0 N–H and O–H groups in total. The molecule has 38 heavy (non-hydrogen) atoms. The van der Waals surface area contributed by atoms with Gasteiger partial charge in [-0.1, -0.05) is 24.3 Å². The van der Waals surface area contributed by atoms with Crippen molar-refractivity contribution in [2.45, 2.75) is 21.0 Å². The molecular weight excluding hydrogens is 622 g/mol. The smallest absolute Gasteiger partial charge is 0.165 e. The molecule has 0 aliphatic carbocycles. The number of rotatable bonds is 4. The average molecular weight is 650 g/mol. The summed E-state index contributed by atoms with van der Waals surface area (Å²) in [6.45, 7) is -1.15. The molecule has 3 rings (SSSR count). The van der Waals surface area contributed by atoms with E-state index in [1.165, 1.54) is 0 Å². The summed E-state index contributed by atoms with van der Waals surface area (Å²) in [7, 11) is -7.80. The zero-order valence-electron chi connectivity index (χ0n) is 20.2. The van der Waals surface area contributed by atoms with Gasteiger partial charge in [0.1, 0.15) is 47.4 Å². The number of hydrogen-bond donors (Lipinski definition) is 0. The second kappa shape index (κ2) is 14.4. The molecule has 2 aromatic rings. The van der Waals surface area contributed by atoms with E-state index >= 15 is 0 Å². The SMILES string of the molecule is O=S1(=O)[C@H](CCl)COc2ccccc2OC[C@H](CCl)S(=O)(=O)[C@H](CCl)COc2ccccc2OC[C@@H]1CCl. The number of alkyl halides is 4. The number of halogens is 4. The fourth-order valence-electron chi connectivity index (χ4n) is 3.56. The van der Waals surface area contributed by atoms with Crippen molar-refractivity contribution in [3.05, 3.63) is 48.5 Å². The van der Waals surface area contributed by atoms with Crippen LogP contribution >= 0.6 is 46.4 Å². The molecule has 14 heteroatoms. The Kier molecular flexibility index (Phi) is 11.8. The third-order valence-corrected chi connectivity index (χ3v) is 13.1. The van der Waals surface area contributed by atoms with Crippen LogP contribution in [0, 0.1) is 0 Å². The summed E-state index contributed by atoms with van der Waals surface area (Å²) >= 11 is 24.2. The Labute approximate surface area is 243 Å². The lowest BCUT2D eigenvalue weighted by Crippen LogP contribution is -2.42. The van der Waals surface area contributed by atoms with Crippen molar-refractivity contribution in [2.75, 3.05) is 49.9 Å². The van der Waals surface area contributed by atoms with Crippen molar-refractivity contribution in [3.63, 3.8) is 0 Å². The summed E-state index contributed by atoms with van der Waals surface area (Å²) < 4.78 is 76.6. The van der Waals surface area contributed by atoms with E-state index in [1.54, 1.807) is 48.5 Å². The van der Waals surface area contributed by atoms with Crippen molar-refractivity contribution >= 4 is 66.1 Å². The van der Waals surface area contributed by atoms with Gasteiger partial charge >= 0.3 is 0 Å². The van der Waals surface area contributed by atoms with Crippen LogP contribution in [0.15, 0.2) is 48.5 Å². The maximum absolute atomic E-state index is 13.4. The van der Waals surface area contributed by atoms with Crippen molar-refractivity contribution in [1.29, 1.82) is 0 Å². The second-order valence-electron chi connectivity index (χ2n) is 8.42. The molecule has 0 saturated carbocycles. The van der Waals surface area contributed by atoms with Gasteiger partial charge in [0.25, 0.3) is 0 Å². The molecule has 0 amide bonds. The number of hydrogen-bond acceptors (Lipinski definition) is 8. The highest BCUT2D eigenvalue weighted by Crippen LogP contribution is 2.31. The topological polar surface area (TPSA) is 105 Å². The predicted molar refractivity (Wildman–Crippen MR) is 151 cm³/mol. The minimum absolute atomic E-state index is 0.217. The van der Waals surface area contributed by atoms with Gasteiger partial charge in [0.05, 0.1) is 0 Å². The zero-order chi connectivity index (χ0) is 27.8. The number of ether oxygens (including phenoxy) is 4. The van der Waals surface area contributed by atoms with E-state index in [4.69, 9.17) is 65.4 Å². The molecule has 0 saturated heterocycles. The van der Waals surface area contributed by atoms with Gasteiger partial charge in [-0.2, -0.15) is 0 Å². The van der Waals surface area contributed by atoms with Crippen LogP contribution in [0.25, 0.3) is 0 Å². The Bertz CT molecular complexity index is 1080. The minimum Gasteiger partial charge on any atom is -0.488 e. The van der Waals surface area contributed by atoms with Crippen LogP contribution in [0.4, 0.5) is 0 Å². The first-order valence-corrected chi connectivity index (χ1v) is 16.9. The van der Waals surface area contributed by atoms with Crippen molar-refractivity contribution in [1.82, 2.24) is 0 Å². The normalized spacial score (nSPS) is 26.0. The number of sulfone groups is 2. The van der Waals surface area contributed by atoms with Crippen LogP contribution < -0.4 is 18.9 Å². The van der Waals surface area contributed by atoms with E-state index in [0.29, 0.717) is 0 Å². The van der Waals surface area contributed by atoms with Gasteiger partial charge in [-0.25, -0.2) is 16.8 Å². The Morgan fingerprint density at radius 3 is 0.895 bits per heavy atom. The van der Waals surface area contributed by atoms with E-state index in [2.05, 4.69) is 0 Å². The molecule has 1 heterocycles. The van der Waals surface area contributed by atoms with Crippen LogP contribution in [0.5, 0.6) is 23.0 Å². The first kappa shape index (κ1) is 31.2. The Morgan fingerprint density at radius 2 is 0.711 bits per heavy atom. The van der Waals surface area contributed by atoms with Crippen LogP contribution in [-0.2, 0) is 19.7 Å². The molecular formula is C24H28Cl4O8S2. The van der Waals surface area contributed by atoms with Gasteiger partial charge in [-0.3, -0.25) is 0 Å². The molecule has 0 unspecified atom stereocenters. The zero-order valence-corrected chi connectivity index (χ0v) is 24.8. The van der Waals surface area contributed by atoms with Crippen molar-refractivity contribution < 1.29 is 35.8 Å². The Morgan fingerprint density at radius 1 is 0.500 bits per heavy atom. The first-order valence-electron chi connectivity index (χ1n) is 11.6. The van der Waals surface area contributed by atoms with Gasteiger partial charge in [-0.15, -0.1) is 46.4 Å². The predicted octanol–water partition coefficient (Wildman–Crippen LogP) is 4.17. The highest BCUT2D eigenvalue weighted by molar-refractivity contribution is 7.93. The maximum atomic E-state index is 13.4. The highest BCUT2D eigenvalue weighted by atomic mass is 35.5. The molecule has 0 spiro atoms. The lowest BCUT2D eigenvalue weighted by Gasteiger charge is -2.25.